The lowest BCUT2D eigenvalue weighted by molar-refractivity contribution is -0.385. The van der Waals surface area contributed by atoms with Crippen molar-refractivity contribution >= 4 is 23.3 Å². The van der Waals surface area contributed by atoms with Gasteiger partial charge in [0.05, 0.1) is 15.6 Å². The Morgan fingerprint density at radius 2 is 2.24 bits per heavy atom. The first-order chi connectivity index (χ1) is 10.0. The second kappa shape index (κ2) is 6.45. The lowest BCUT2D eigenvalue weighted by atomic mass is 10.2. The molecule has 0 saturated carbocycles. The fraction of sp³-hybridized carbons (Fsp3) is 0.286. The van der Waals surface area contributed by atoms with Crippen LogP contribution in [0.4, 0.5) is 5.69 Å². The normalized spacial score (nSPS) is 10.6. The van der Waals surface area contributed by atoms with Crippen LogP contribution in [0.5, 0.6) is 5.75 Å². The standard InChI is InChI=1S/C14H14N2O4S/c1-9(2)14-15-11(8-21-14)7-20-13-5-10(6-17)3-4-12(13)16(18)19/h3-6,8-9H,7H2,1-2H3. The largest absolute Gasteiger partial charge is 0.480 e. The van der Waals surface area contributed by atoms with Gasteiger partial charge in [-0.1, -0.05) is 13.8 Å². The summed E-state index contributed by atoms with van der Waals surface area (Å²) in [7, 11) is 0. The molecule has 0 N–H and O–H groups in total. The minimum atomic E-state index is -0.537. The molecule has 1 heterocycles. The molecule has 0 aliphatic heterocycles. The van der Waals surface area contributed by atoms with E-state index in [9.17, 15) is 14.9 Å². The summed E-state index contributed by atoms with van der Waals surface area (Å²) < 4.78 is 5.46. The molecule has 0 spiro atoms. The number of aldehydes is 1. The molecule has 1 aromatic carbocycles. The van der Waals surface area contributed by atoms with Crippen LogP contribution >= 0.6 is 11.3 Å². The van der Waals surface area contributed by atoms with E-state index in [0.29, 0.717) is 17.8 Å². The molecule has 21 heavy (non-hydrogen) atoms. The maximum Gasteiger partial charge on any atom is 0.310 e. The summed E-state index contributed by atoms with van der Waals surface area (Å²) in [6, 6.07) is 4.01. The molecule has 0 aliphatic rings. The number of hydrogen-bond donors (Lipinski definition) is 0. The maximum absolute atomic E-state index is 10.9. The van der Waals surface area contributed by atoms with Crippen LogP contribution in [0.15, 0.2) is 23.6 Å². The molecular weight excluding hydrogens is 292 g/mol. The predicted molar refractivity (Wildman–Crippen MR) is 79.0 cm³/mol. The number of nitro groups is 1. The number of nitro benzene ring substituents is 1. The van der Waals surface area contributed by atoms with Gasteiger partial charge in [0.25, 0.3) is 0 Å². The number of ether oxygens (including phenoxy) is 1. The minimum absolute atomic E-state index is 0.0729. The van der Waals surface area contributed by atoms with E-state index in [1.165, 1.54) is 29.5 Å². The summed E-state index contributed by atoms with van der Waals surface area (Å²) in [5.41, 5.74) is 0.881. The summed E-state index contributed by atoms with van der Waals surface area (Å²) in [6.45, 7) is 4.22. The van der Waals surface area contributed by atoms with Crippen molar-refractivity contribution in [1.82, 2.24) is 4.98 Å². The highest BCUT2D eigenvalue weighted by molar-refractivity contribution is 7.09. The Hall–Kier alpha value is -2.28. The quantitative estimate of drug-likeness (QED) is 0.463. The molecule has 7 heteroatoms. The van der Waals surface area contributed by atoms with Crippen molar-refractivity contribution in [2.45, 2.75) is 26.4 Å². The first-order valence-corrected chi connectivity index (χ1v) is 7.20. The minimum Gasteiger partial charge on any atom is -0.480 e. The third kappa shape index (κ3) is 3.63. The highest BCUT2D eigenvalue weighted by Gasteiger charge is 2.16. The van der Waals surface area contributed by atoms with Gasteiger partial charge in [0.1, 0.15) is 12.9 Å². The van der Waals surface area contributed by atoms with Crippen LogP contribution in [0.3, 0.4) is 0 Å². The van der Waals surface area contributed by atoms with Crippen LogP contribution in [0, 0.1) is 10.1 Å². The fourth-order valence-corrected chi connectivity index (χ4v) is 2.50. The van der Waals surface area contributed by atoms with E-state index in [4.69, 9.17) is 4.74 Å². The molecule has 0 fully saturated rings. The Balaban J connectivity index is 2.17. The van der Waals surface area contributed by atoms with Gasteiger partial charge in [0, 0.05) is 22.9 Å². The van der Waals surface area contributed by atoms with Crippen LogP contribution in [0.1, 0.15) is 40.8 Å². The average molecular weight is 306 g/mol. The second-order valence-corrected chi connectivity index (χ2v) is 5.61. The summed E-state index contributed by atoms with van der Waals surface area (Å²) in [5, 5.41) is 13.8. The Kier molecular flexibility index (Phi) is 4.64. The first kappa shape index (κ1) is 15.1. The van der Waals surface area contributed by atoms with E-state index < -0.39 is 4.92 Å². The van der Waals surface area contributed by atoms with Crippen LogP contribution in [-0.2, 0) is 6.61 Å². The van der Waals surface area contributed by atoms with Crippen LogP contribution in [-0.4, -0.2) is 16.2 Å². The highest BCUT2D eigenvalue weighted by Crippen LogP contribution is 2.28. The molecule has 0 atom stereocenters. The highest BCUT2D eigenvalue weighted by atomic mass is 32.1. The zero-order valence-electron chi connectivity index (χ0n) is 11.6. The molecule has 0 radical (unpaired) electrons. The van der Waals surface area contributed by atoms with Gasteiger partial charge >= 0.3 is 5.69 Å². The SMILES string of the molecule is CC(C)c1nc(COc2cc(C=O)ccc2[N+](=O)[O-])cs1. The van der Waals surface area contributed by atoms with E-state index in [1.54, 1.807) is 0 Å². The number of nitrogens with zero attached hydrogens (tertiary/aromatic N) is 2. The Labute approximate surface area is 125 Å². The summed E-state index contributed by atoms with van der Waals surface area (Å²) in [6.07, 6.45) is 0.621. The number of carbonyl (C=O) groups excluding carboxylic acids is 1. The topological polar surface area (TPSA) is 82.3 Å². The van der Waals surface area contributed by atoms with Crippen LogP contribution in [0.25, 0.3) is 0 Å². The average Bonchev–Trinajstić information content (AvgIpc) is 2.93. The molecule has 1 aromatic heterocycles. The van der Waals surface area contributed by atoms with E-state index >= 15 is 0 Å². The van der Waals surface area contributed by atoms with Crippen molar-refractivity contribution in [3.05, 3.63) is 50.0 Å². The maximum atomic E-state index is 10.9. The zero-order chi connectivity index (χ0) is 15.4. The Bertz CT molecular complexity index is 667. The van der Waals surface area contributed by atoms with Crippen molar-refractivity contribution in [3.8, 4) is 5.75 Å². The molecule has 0 unspecified atom stereocenters. The third-order valence-electron chi connectivity index (χ3n) is 2.76. The zero-order valence-corrected chi connectivity index (χ0v) is 12.4. The van der Waals surface area contributed by atoms with Gasteiger partial charge in [-0.3, -0.25) is 14.9 Å². The van der Waals surface area contributed by atoms with Crippen molar-refractivity contribution in [3.63, 3.8) is 0 Å². The molecule has 0 aliphatic carbocycles. The molecule has 0 bridgehead atoms. The predicted octanol–water partition coefficient (Wildman–Crippen LogP) is 3.57. The molecule has 6 nitrogen and oxygen atoms in total. The van der Waals surface area contributed by atoms with E-state index in [2.05, 4.69) is 4.98 Å². The first-order valence-electron chi connectivity index (χ1n) is 6.32. The summed E-state index contributed by atoms with van der Waals surface area (Å²) in [5.74, 6) is 0.403. The number of benzene rings is 1. The summed E-state index contributed by atoms with van der Waals surface area (Å²) >= 11 is 1.53. The molecule has 2 aromatic rings. The van der Waals surface area contributed by atoms with Crippen molar-refractivity contribution < 1.29 is 14.5 Å². The van der Waals surface area contributed by atoms with Gasteiger partial charge < -0.3 is 4.74 Å². The number of carbonyl (C=O) groups is 1. The van der Waals surface area contributed by atoms with Crippen molar-refractivity contribution in [1.29, 1.82) is 0 Å². The Morgan fingerprint density at radius 1 is 1.48 bits per heavy atom. The van der Waals surface area contributed by atoms with Crippen molar-refractivity contribution in [2.75, 3.05) is 0 Å². The van der Waals surface area contributed by atoms with Gasteiger partial charge in [0.15, 0.2) is 5.75 Å². The lowest BCUT2D eigenvalue weighted by Crippen LogP contribution is -2.00. The van der Waals surface area contributed by atoms with Crippen molar-refractivity contribution in [2.24, 2.45) is 0 Å². The van der Waals surface area contributed by atoms with Crippen LogP contribution < -0.4 is 4.74 Å². The van der Waals surface area contributed by atoms with Gasteiger partial charge in [-0.2, -0.15) is 0 Å². The van der Waals surface area contributed by atoms with Gasteiger partial charge in [-0.05, 0) is 12.1 Å². The molecule has 0 saturated heterocycles. The molecule has 110 valence electrons. The summed E-state index contributed by atoms with van der Waals surface area (Å²) in [4.78, 5) is 25.6. The lowest BCUT2D eigenvalue weighted by Gasteiger charge is -2.05. The number of thiazole rings is 1. The van der Waals surface area contributed by atoms with E-state index in [-0.39, 0.29) is 18.0 Å². The molecular formula is C14H14N2O4S. The van der Waals surface area contributed by atoms with Crippen LogP contribution in [0.2, 0.25) is 0 Å². The van der Waals surface area contributed by atoms with Gasteiger partial charge in [0.2, 0.25) is 0 Å². The van der Waals surface area contributed by atoms with E-state index in [0.717, 1.165) is 10.7 Å². The third-order valence-corrected chi connectivity index (χ3v) is 3.95. The number of hydrogen-bond acceptors (Lipinski definition) is 6. The van der Waals surface area contributed by atoms with Gasteiger partial charge in [-0.25, -0.2) is 4.98 Å². The number of rotatable bonds is 6. The van der Waals surface area contributed by atoms with Gasteiger partial charge in [-0.15, -0.1) is 11.3 Å². The van der Waals surface area contributed by atoms with E-state index in [1.807, 2.05) is 19.2 Å². The molecule has 0 amide bonds. The fourth-order valence-electron chi connectivity index (χ4n) is 1.68. The Morgan fingerprint density at radius 3 is 2.81 bits per heavy atom. The smallest absolute Gasteiger partial charge is 0.310 e. The second-order valence-electron chi connectivity index (χ2n) is 4.72. The monoisotopic (exact) mass is 306 g/mol. The molecule has 2 rings (SSSR count). The number of aromatic nitrogens is 1.